The van der Waals surface area contributed by atoms with Gasteiger partial charge in [0, 0.05) is 18.2 Å². The van der Waals surface area contributed by atoms with Crippen LogP contribution in [0.25, 0.3) is 0 Å². The second-order valence-corrected chi connectivity index (χ2v) is 4.99. The number of hydrogen-bond acceptors (Lipinski definition) is 3. The smallest absolute Gasteiger partial charge is 0.254 e. The molecule has 0 aliphatic carbocycles. The highest BCUT2D eigenvalue weighted by Crippen LogP contribution is 2.25. The molecule has 0 radical (unpaired) electrons. The number of carbonyl (C=O) groups excluding carboxylic acids is 1. The van der Waals surface area contributed by atoms with Crippen LogP contribution in [0.2, 0.25) is 0 Å². The van der Waals surface area contributed by atoms with Crippen LogP contribution in [-0.2, 0) is 0 Å². The largest absolute Gasteiger partial charge is 0.495 e. The predicted molar refractivity (Wildman–Crippen MR) is 73.9 cm³/mol. The maximum absolute atomic E-state index is 12.4. The maximum Gasteiger partial charge on any atom is 0.254 e. The van der Waals surface area contributed by atoms with E-state index >= 15 is 0 Å². The molecule has 0 aliphatic heterocycles. The van der Waals surface area contributed by atoms with Gasteiger partial charge >= 0.3 is 0 Å². The highest BCUT2D eigenvalue weighted by Gasteiger charge is 2.26. The third-order valence-corrected chi connectivity index (χ3v) is 3.56. The van der Waals surface area contributed by atoms with Crippen molar-refractivity contribution in [3.63, 3.8) is 0 Å². The Bertz CT molecular complexity index is 441. The van der Waals surface area contributed by atoms with Gasteiger partial charge in [0.1, 0.15) is 5.75 Å². The quantitative estimate of drug-likeness (QED) is 0.835. The highest BCUT2D eigenvalue weighted by molar-refractivity contribution is 5.95. The Labute approximate surface area is 109 Å². The van der Waals surface area contributed by atoms with Gasteiger partial charge in [-0.15, -0.1) is 0 Å². The number of nitrogens with two attached hydrogens (primary N) is 1. The van der Waals surface area contributed by atoms with Gasteiger partial charge in [0.15, 0.2) is 0 Å². The summed E-state index contributed by atoms with van der Waals surface area (Å²) < 4.78 is 5.13. The minimum Gasteiger partial charge on any atom is -0.495 e. The number of nitrogen functional groups attached to an aromatic ring is 1. The molecule has 1 rings (SSSR count). The lowest BCUT2D eigenvalue weighted by molar-refractivity contribution is 0.0620. The van der Waals surface area contributed by atoms with Gasteiger partial charge in [0.2, 0.25) is 0 Å². The van der Waals surface area contributed by atoms with Crippen molar-refractivity contribution in [1.82, 2.24) is 4.90 Å². The van der Waals surface area contributed by atoms with Crippen molar-refractivity contribution < 1.29 is 9.53 Å². The van der Waals surface area contributed by atoms with Crippen LogP contribution < -0.4 is 10.5 Å². The fraction of sp³-hybridized carbons (Fsp3) is 0.500. The number of benzene rings is 1. The molecule has 0 heterocycles. The minimum atomic E-state index is -0.175. The van der Waals surface area contributed by atoms with Gasteiger partial charge in [-0.05, 0) is 38.5 Å². The molecule has 18 heavy (non-hydrogen) atoms. The van der Waals surface area contributed by atoms with Crippen molar-refractivity contribution >= 4 is 11.6 Å². The fourth-order valence-electron chi connectivity index (χ4n) is 1.55. The van der Waals surface area contributed by atoms with E-state index in [-0.39, 0.29) is 11.4 Å². The van der Waals surface area contributed by atoms with E-state index < -0.39 is 0 Å². The van der Waals surface area contributed by atoms with Crippen molar-refractivity contribution in [1.29, 1.82) is 0 Å². The molecule has 1 aromatic carbocycles. The van der Waals surface area contributed by atoms with Crippen LogP contribution in [0.5, 0.6) is 5.75 Å². The molecular formula is C14H22N2O2. The molecule has 100 valence electrons. The Kier molecular flexibility index (Phi) is 4.22. The predicted octanol–water partition coefficient (Wildman–Crippen LogP) is 2.54. The second-order valence-electron chi connectivity index (χ2n) is 4.99. The Morgan fingerprint density at radius 2 is 2.06 bits per heavy atom. The van der Waals surface area contributed by atoms with E-state index in [1.165, 1.54) is 0 Å². The zero-order valence-electron chi connectivity index (χ0n) is 11.8. The summed E-state index contributed by atoms with van der Waals surface area (Å²) in [5.74, 6) is 0.503. The van der Waals surface area contributed by atoms with E-state index in [9.17, 15) is 4.79 Å². The Hall–Kier alpha value is -1.71. The number of carbonyl (C=O) groups is 1. The molecule has 4 heteroatoms. The molecule has 0 unspecified atom stereocenters. The zero-order chi connectivity index (χ0) is 13.9. The molecule has 2 N–H and O–H groups in total. The Balaban J connectivity index is 3.04. The molecule has 1 aromatic rings. The first-order valence-electron chi connectivity index (χ1n) is 6.05. The average molecular weight is 250 g/mol. The van der Waals surface area contributed by atoms with Crippen molar-refractivity contribution in [2.45, 2.75) is 32.7 Å². The van der Waals surface area contributed by atoms with Gasteiger partial charge in [-0.25, -0.2) is 0 Å². The summed E-state index contributed by atoms with van der Waals surface area (Å²) in [6.45, 7) is 6.15. The fourth-order valence-corrected chi connectivity index (χ4v) is 1.55. The third-order valence-electron chi connectivity index (χ3n) is 3.56. The number of amides is 1. The van der Waals surface area contributed by atoms with Gasteiger partial charge < -0.3 is 15.4 Å². The summed E-state index contributed by atoms with van der Waals surface area (Å²) in [7, 11) is 3.36. The Morgan fingerprint density at radius 1 is 1.44 bits per heavy atom. The van der Waals surface area contributed by atoms with Crippen LogP contribution in [0.1, 0.15) is 37.6 Å². The summed E-state index contributed by atoms with van der Waals surface area (Å²) in [6, 6.07) is 5.10. The monoisotopic (exact) mass is 250 g/mol. The third kappa shape index (κ3) is 2.75. The van der Waals surface area contributed by atoms with Crippen molar-refractivity contribution in [3.8, 4) is 5.75 Å². The van der Waals surface area contributed by atoms with Crippen molar-refractivity contribution in [2.24, 2.45) is 0 Å². The normalized spacial score (nSPS) is 11.2. The second kappa shape index (κ2) is 5.29. The molecule has 4 nitrogen and oxygen atoms in total. The Morgan fingerprint density at radius 3 is 2.56 bits per heavy atom. The van der Waals surface area contributed by atoms with E-state index in [1.54, 1.807) is 30.2 Å². The van der Waals surface area contributed by atoms with Crippen molar-refractivity contribution in [2.75, 3.05) is 19.9 Å². The molecule has 0 bridgehead atoms. The summed E-state index contributed by atoms with van der Waals surface area (Å²) in [4.78, 5) is 14.1. The molecule has 0 aliphatic rings. The van der Waals surface area contributed by atoms with Gasteiger partial charge in [-0.1, -0.05) is 6.92 Å². The van der Waals surface area contributed by atoms with Crippen LogP contribution >= 0.6 is 0 Å². The van der Waals surface area contributed by atoms with Crippen LogP contribution in [0.3, 0.4) is 0 Å². The van der Waals surface area contributed by atoms with Crippen LogP contribution in [-0.4, -0.2) is 30.5 Å². The summed E-state index contributed by atoms with van der Waals surface area (Å²) in [6.07, 6.45) is 0.890. The molecular weight excluding hydrogens is 228 g/mol. The van der Waals surface area contributed by atoms with Crippen LogP contribution in [0, 0.1) is 0 Å². The lowest BCUT2D eigenvalue weighted by Crippen LogP contribution is -2.44. The van der Waals surface area contributed by atoms with E-state index in [4.69, 9.17) is 10.5 Å². The number of methoxy groups -OCH3 is 1. The summed E-state index contributed by atoms with van der Waals surface area (Å²) in [5.41, 5.74) is 6.69. The maximum atomic E-state index is 12.4. The summed E-state index contributed by atoms with van der Waals surface area (Å²) in [5, 5.41) is 0. The SMILES string of the molecule is CCC(C)(C)N(C)C(=O)c1ccc(N)c(OC)c1. The lowest BCUT2D eigenvalue weighted by Gasteiger charge is -2.35. The van der Waals surface area contributed by atoms with Crippen molar-refractivity contribution in [3.05, 3.63) is 23.8 Å². The van der Waals surface area contributed by atoms with Gasteiger partial charge in [-0.2, -0.15) is 0 Å². The molecule has 0 spiro atoms. The lowest BCUT2D eigenvalue weighted by atomic mass is 9.99. The highest BCUT2D eigenvalue weighted by atomic mass is 16.5. The van der Waals surface area contributed by atoms with Gasteiger partial charge in [0.25, 0.3) is 5.91 Å². The number of rotatable bonds is 4. The number of nitrogens with zero attached hydrogens (tertiary/aromatic N) is 1. The van der Waals surface area contributed by atoms with E-state index in [0.717, 1.165) is 6.42 Å². The first-order chi connectivity index (χ1) is 8.33. The first kappa shape index (κ1) is 14.4. The van der Waals surface area contributed by atoms with Gasteiger partial charge in [-0.3, -0.25) is 4.79 Å². The molecule has 0 saturated carbocycles. The topological polar surface area (TPSA) is 55.6 Å². The van der Waals surface area contributed by atoms with E-state index in [0.29, 0.717) is 17.0 Å². The zero-order valence-corrected chi connectivity index (χ0v) is 11.8. The average Bonchev–Trinajstić information content (AvgIpc) is 2.37. The summed E-state index contributed by atoms with van der Waals surface area (Å²) >= 11 is 0. The molecule has 0 fully saturated rings. The van der Waals surface area contributed by atoms with E-state index in [2.05, 4.69) is 6.92 Å². The standard InChI is InChI=1S/C14H22N2O2/c1-6-14(2,3)16(4)13(17)10-7-8-11(15)12(9-10)18-5/h7-9H,6,15H2,1-5H3. The molecule has 0 atom stereocenters. The molecule has 1 amide bonds. The van der Waals surface area contributed by atoms with Gasteiger partial charge in [0.05, 0.1) is 12.8 Å². The first-order valence-corrected chi connectivity index (χ1v) is 6.05. The minimum absolute atomic E-state index is 0.0276. The van der Waals surface area contributed by atoms with Crippen LogP contribution in [0.15, 0.2) is 18.2 Å². The molecule has 0 saturated heterocycles. The van der Waals surface area contributed by atoms with Crippen LogP contribution in [0.4, 0.5) is 5.69 Å². The number of hydrogen-bond donors (Lipinski definition) is 1. The number of anilines is 1. The number of ether oxygens (including phenoxy) is 1. The van der Waals surface area contributed by atoms with E-state index in [1.807, 2.05) is 20.9 Å². The molecule has 0 aromatic heterocycles.